The van der Waals surface area contributed by atoms with Crippen molar-refractivity contribution in [2.24, 2.45) is 5.92 Å². The molecule has 23 heavy (non-hydrogen) atoms. The predicted molar refractivity (Wildman–Crippen MR) is 88.9 cm³/mol. The quantitative estimate of drug-likeness (QED) is 0.905. The maximum Gasteiger partial charge on any atom is 0.138 e. The van der Waals surface area contributed by atoms with Crippen LogP contribution in [0.25, 0.3) is 11.0 Å². The summed E-state index contributed by atoms with van der Waals surface area (Å²) in [6, 6.07) is 4.61. The maximum absolute atomic E-state index is 10.1. The smallest absolute Gasteiger partial charge is 0.138 e. The highest BCUT2D eigenvalue weighted by atomic mass is 16.3. The number of aliphatic hydroxyl groups is 1. The van der Waals surface area contributed by atoms with Gasteiger partial charge >= 0.3 is 0 Å². The average Bonchev–Trinajstić information content (AvgIpc) is 2.94. The van der Waals surface area contributed by atoms with Gasteiger partial charge in [0.1, 0.15) is 23.3 Å². The second-order valence-electron chi connectivity index (χ2n) is 6.36. The first-order chi connectivity index (χ1) is 11.1. The predicted octanol–water partition coefficient (Wildman–Crippen LogP) is 3.17. The third-order valence-electron chi connectivity index (χ3n) is 4.79. The normalized spacial score (nSPS) is 22.7. The zero-order valence-corrected chi connectivity index (χ0v) is 13.7. The number of fused-ring (bicyclic) bond motifs is 1. The average molecular weight is 313 g/mol. The first-order valence-corrected chi connectivity index (χ1v) is 8.24. The van der Waals surface area contributed by atoms with Crippen LogP contribution in [0.4, 0.5) is 5.82 Å². The molecule has 0 aliphatic heterocycles. The molecule has 1 fully saturated rings. The van der Waals surface area contributed by atoms with Crippen molar-refractivity contribution in [2.45, 2.75) is 51.2 Å². The molecular weight excluding hydrogens is 290 g/mol. The van der Waals surface area contributed by atoms with Crippen LogP contribution >= 0.6 is 0 Å². The highest BCUT2D eigenvalue weighted by Crippen LogP contribution is 2.37. The molecule has 0 aromatic carbocycles. The van der Waals surface area contributed by atoms with Gasteiger partial charge in [-0.3, -0.25) is 0 Å². The van der Waals surface area contributed by atoms with Gasteiger partial charge in [0.25, 0.3) is 0 Å². The standard InChI is InChI=1S/C17H23N5O/c1-11(23)17-21-14-10-20-16(19-2)9-15(14)22(17)13-5-3-12(4-6-13)7-8-18/h9-13,23H,3-7H2,1-2H3,(H,19,20)/t11-,12-,13-/m0/s1. The van der Waals surface area contributed by atoms with E-state index in [1.54, 1.807) is 13.1 Å². The van der Waals surface area contributed by atoms with E-state index in [2.05, 4.69) is 25.9 Å². The second-order valence-corrected chi connectivity index (χ2v) is 6.36. The van der Waals surface area contributed by atoms with E-state index in [0.29, 0.717) is 24.2 Å². The van der Waals surface area contributed by atoms with E-state index < -0.39 is 6.10 Å². The van der Waals surface area contributed by atoms with E-state index in [-0.39, 0.29) is 0 Å². The van der Waals surface area contributed by atoms with Gasteiger partial charge in [0.15, 0.2) is 0 Å². The summed E-state index contributed by atoms with van der Waals surface area (Å²) in [6.07, 6.45) is 5.95. The molecule has 2 aromatic rings. The van der Waals surface area contributed by atoms with Gasteiger partial charge in [-0.2, -0.15) is 5.26 Å². The molecule has 0 unspecified atom stereocenters. The topological polar surface area (TPSA) is 86.8 Å². The minimum atomic E-state index is -0.614. The number of rotatable bonds is 4. The summed E-state index contributed by atoms with van der Waals surface area (Å²) in [4.78, 5) is 8.90. The Hall–Kier alpha value is -2.13. The molecule has 0 amide bonds. The molecule has 2 heterocycles. The van der Waals surface area contributed by atoms with Crippen molar-refractivity contribution in [2.75, 3.05) is 12.4 Å². The van der Waals surface area contributed by atoms with Gasteiger partial charge in [-0.15, -0.1) is 0 Å². The molecule has 2 N–H and O–H groups in total. The Balaban J connectivity index is 1.98. The summed E-state index contributed by atoms with van der Waals surface area (Å²) in [5, 5.41) is 22.1. The van der Waals surface area contributed by atoms with Crippen molar-refractivity contribution in [1.82, 2.24) is 14.5 Å². The largest absolute Gasteiger partial charge is 0.385 e. The lowest BCUT2D eigenvalue weighted by atomic mass is 9.84. The van der Waals surface area contributed by atoms with E-state index >= 15 is 0 Å². The maximum atomic E-state index is 10.1. The molecule has 1 aliphatic rings. The van der Waals surface area contributed by atoms with Gasteiger partial charge < -0.3 is 15.0 Å². The lowest BCUT2D eigenvalue weighted by molar-refractivity contribution is 0.175. The molecule has 1 saturated carbocycles. The van der Waals surface area contributed by atoms with Crippen molar-refractivity contribution in [3.05, 3.63) is 18.1 Å². The lowest BCUT2D eigenvalue weighted by Gasteiger charge is -2.30. The SMILES string of the molecule is CNc1cc2c(cn1)nc([C@H](C)O)n2[C@H]1CC[C@H](CC#N)CC1. The van der Waals surface area contributed by atoms with Crippen LogP contribution in [0.15, 0.2) is 12.3 Å². The lowest BCUT2D eigenvalue weighted by Crippen LogP contribution is -2.20. The number of hydrogen-bond donors (Lipinski definition) is 2. The molecule has 0 spiro atoms. The molecule has 122 valence electrons. The number of nitrogens with zero attached hydrogens (tertiary/aromatic N) is 4. The Bertz CT molecular complexity index is 722. The molecule has 1 atom stereocenters. The number of aromatic nitrogens is 3. The highest BCUT2D eigenvalue weighted by molar-refractivity contribution is 5.78. The van der Waals surface area contributed by atoms with Crippen molar-refractivity contribution >= 4 is 16.9 Å². The van der Waals surface area contributed by atoms with Gasteiger partial charge in [0.05, 0.1) is 17.8 Å². The molecule has 3 rings (SSSR count). The van der Waals surface area contributed by atoms with Crippen LogP contribution in [0.3, 0.4) is 0 Å². The summed E-state index contributed by atoms with van der Waals surface area (Å²) < 4.78 is 2.19. The number of pyridine rings is 1. The van der Waals surface area contributed by atoms with Crippen LogP contribution in [0.1, 0.15) is 57.0 Å². The number of aliphatic hydroxyl groups excluding tert-OH is 1. The molecule has 0 bridgehead atoms. The van der Waals surface area contributed by atoms with Crippen LogP contribution in [-0.2, 0) is 0 Å². The van der Waals surface area contributed by atoms with E-state index in [0.717, 1.165) is 42.5 Å². The summed E-state index contributed by atoms with van der Waals surface area (Å²) in [5.74, 6) is 2.02. The number of anilines is 1. The van der Waals surface area contributed by atoms with Crippen LogP contribution < -0.4 is 5.32 Å². The van der Waals surface area contributed by atoms with Crippen molar-refractivity contribution in [3.63, 3.8) is 0 Å². The Morgan fingerprint density at radius 1 is 1.43 bits per heavy atom. The zero-order chi connectivity index (χ0) is 16.4. The fraction of sp³-hybridized carbons (Fsp3) is 0.588. The van der Waals surface area contributed by atoms with Crippen LogP contribution in [0.2, 0.25) is 0 Å². The fourth-order valence-electron chi connectivity index (χ4n) is 3.57. The van der Waals surface area contributed by atoms with Gasteiger partial charge in [-0.25, -0.2) is 9.97 Å². The Morgan fingerprint density at radius 3 is 2.78 bits per heavy atom. The molecule has 6 nitrogen and oxygen atoms in total. The molecule has 0 saturated heterocycles. The minimum Gasteiger partial charge on any atom is -0.385 e. The van der Waals surface area contributed by atoms with Crippen molar-refractivity contribution < 1.29 is 5.11 Å². The number of nitrogens with one attached hydrogen (secondary N) is 1. The van der Waals surface area contributed by atoms with Gasteiger partial charge in [-0.1, -0.05) is 0 Å². The van der Waals surface area contributed by atoms with E-state index in [4.69, 9.17) is 5.26 Å². The van der Waals surface area contributed by atoms with Crippen LogP contribution in [0.5, 0.6) is 0 Å². The monoisotopic (exact) mass is 313 g/mol. The third-order valence-corrected chi connectivity index (χ3v) is 4.79. The number of imidazole rings is 1. The number of hydrogen-bond acceptors (Lipinski definition) is 5. The number of nitriles is 1. The van der Waals surface area contributed by atoms with Crippen molar-refractivity contribution in [1.29, 1.82) is 5.26 Å². The second kappa shape index (κ2) is 6.55. The molecule has 2 aromatic heterocycles. The van der Waals surface area contributed by atoms with Gasteiger partial charge in [0.2, 0.25) is 0 Å². The molecule has 1 aliphatic carbocycles. The summed E-state index contributed by atoms with van der Waals surface area (Å²) in [7, 11) is 1.84. The summed E-state index contributed by atoms with van der Waals surface area (Å²) >= 11 is 0. The Labute approximate surface area is 136 Å². The Morgan fingerprint density at radius 2 is 2.17 bits per heavy atom. The molecule has 0 radical (unpaired) electrons. The first kappa shape index (κ1) is 15.8. The van der Waals surface area contributed by atoms with E-state index in [1.165, 1.54) is 0 Å². The van der Waals surface area contributed by atoms with Gasteiger partial charge in [-0.05, 0) is 38.5 Å². The zero-order valence-electron chi connectivity index (χ0n) is 13.7. The summed E-state index contributed by atoms with van der Waals surface area (Å²) in [6.45, 7) is 1.76. The first-order valence-electron chi connectivity index (χ1n) is 8.24. The molecular formula is C17H23N5O. The molecule has 6 heteroatoms. The highest BCUT2D eigenvalue weighted by Gasteiger charge is 2.27. The van der Waals surface area contributed by atoms with Crippen LogP contribution in [0, 0.1) is 17.2 Å². The fourth-order valence-corrected chi connectivity index (χ4v) is 3.57. The van der Waals surface area contributed by atoms with E-state index in [9.17, 15) is 5.11 Å². The third kappa shape index (κ3) is 3.02. The summed E-state index contributed by atoms with van der Waals surface area (Å²) in [5.41, 5.74) is 1.84. The minimum absolute atomic E-state index is 0.326. The van der Waals surface area contributed by atoms with Crippen molar-refractivity contribution in [3.8, 4) is 6.07 Å². The van der Waals surface area contributed by atoms with Crippen LogP contribution in [-0.4, -0.2) is 26.7 Å². The van der Waals surface area contributed by atoms with E-state index in [1.807, 2.05) is 13.1 Å². The Kier molecular flexibility index (Phi) is 4.49. The van der Waals surface area contributed by atoms with Gasteiger partial charge in [0, 0.05) is 25.6 Å².